The molecule has 1 aliphatic rings. The number of rotatable bonds is 5. The summed E-state index contributed by atoms with van der Waals surface area (Å²) in [4.78, 5) is 18.6. The summed E-state index contributed by atoms with van der Waals surface area (Å²) in [5.74, 6) is 2.04. The second kappa shape index (κ2) is 8.12. The third-order valence-electron chi connectivity index (χ3n) is 5.13. The fourth-order valence-corrected chi connectivity index (χ4v) is 3.50. The predicted molar refractivity (Wildman–Crippen MR) is 103 cm³/mol. The third-order valence-corrected chi connectivity index (χ3v) is 5.13. The van der Waals surface area contributed by atoms with Crippen molar-refractivity contribution in [3.05, 3.63) is 48.2 Å². The first-order valence-electron chi connectivity index (χ1n) is 9.29. The first-order valence-corrected chi connectivity index (χ1v) is 9.29. The number of nitrogens with one attached hydrogen (secondary N) is 3. The molecular formula is C19H23N7O2. The number of H-pyrrole nitrogens is 2. The Morgan fingerprint density at radius 1 is 1.21 bits per heavy atom. The Bertz CT molecular complexity index is 897. The maximum atomic E-state index is 12.5. The Labute approximate surface area is 162 Å². The number of hydrogen-bond acceptors (Lipinski definition) is 5. The van der Waals surface area contributed by atoms with Gasteiger partial charge in [0.2, 0.25) is 0 Å². The Morgan fingerprint density at radius 2 is 2.00 bits per heavy atom. The zero-order valence-electron chi connectivity index (χ0n) is 15.7. The number of aromatic amines is 2. The lowest BCUT2D eigenvalue weighted by molar-refractivity contribution is 0.180. The van der Waals surface area contributed by atoms with Crippen molar-refractivity contribution in [2.45, 2.75) is 25.3 Å². The maximum absolute atomic E-state index is 12.5. The molecule has 0 unspecified atom stereocenters. The van der Waals surface area contributed by atoms with Crippen molar-refractivity contribution >= 4 is 6.03 Å². The third kappa shape index (κ3) is 3.83. The van der Waals surface area contributed by atoms with Crippen LogP contribution >= 0.6 is 0 Å². The average molecular weight is 381 g/mol. The second-order valence-electron chi connectivity index (χ2n) is 6.79. The molecule has 3 N–H and O–H groups in total. The summed E-state index contributed by atoms with van der Waals surface area (Å²) >= 11 is 0. The van der Waals surface area contributed by atoms with Gasteiger partial charge >= 0.3 is 6.03 Å². The lowest BCUT2D eigenvalue weighted by Gasteiger charge is -2.31. The molecule has 0 bridgehead atoms. The second-order valence-corrected chi connectivity index (χ2v) is 6.79. The van der Waals surface area contributed by atoms with E-state index in [0.29, 0.717) is 25.6 Å². The lowest BCUT2D eigenvalue weighted by atomic mass is 9.96. The molecule has 0 saturated carbocycles. The summed E-state index contributed by atoms with van der Waals surface area (Å²) in [5.41, 5.74) is 2.83. The summed E-state index contributed by atoms with van der Waals surface area (Å²) in [6.07, 6.45) is 5.03. The van der Waals surface area contributed by atoms with Crippen LogP contribution in [0, 0.1) is 0 Å². The van der Waals surface area contributed by atoms with Crippen LogP contribution in [0.1, 0.15) is 30.1 Å². The fraction of sp³-hybridized carbons (Fsp3) is 0.368. The van der Waals surface area contributed by atoms with Crippen molar-refractivity contribution in [3.8, 4) is 17.0 Å². The number of likely N-dealkylation sites (tertiary alicyclic amines) is 1. The van der Waals surface area contributed by atoms with E-state index < -0.39 is 0 Å². The Hall–Kier alpha value is -3.36. The van der Waals surface area contributed by atoms with E-state index in [2.05, 4.69) is 30.7 Å². The molecule has 2 amide bonds. The molecule has 1 aliphatic heterocycles. The van der Waals surface area contributed by atoms with Gasteiger partial charge in [-0.05, 0) is 37.1 Å². The van der Waals surface area contributed by atoms with Crippen LogP contribution in [0.4, 0.5) is 4.79 Å². The van der Waals surface area contributed by atoms with Gasteiger partial charge in [-0.1, -0.05) is 0 Å². The summed E-state index contributed by atoms with van der Waals surface area (Å²) in [5, 5.41) is 17.0. The standard InChI is InChI=1S/C19H23N7O2/c1-28-16-4-2-13(3-5-16)17-15(11-22-24-17)10-20-19(27)26-8-6-14(7-9-26)18-21-12-23-25-18/h2-5,11-12,14H,6-10H2,1H3,(H,20,27)(H,22,24)(H,21,23,25). The first kappa shape index (κ1) is 18.0. The van der Waals surface area contributed by atoms with E-state index in [0.717, 1.165) is 41.2 Å². The highest BCUT2D eigenvalue weighted by Gasteiger charge is 2.25. The number of carbonyl (C=O) groups is 1. The summed E-state index contributed by atoms with van der Waals surface area (Å²) in [7, 11) is 1.64. The number of piperidine rings is 1. The molecular weight excluding hydrogens is 358 g/mol. The van der Waals surface area contributed by atoms with E-state index in [9.17, 15) is 4.79 Å². The van der Waals surface area contributed by atoms with E-state index in [-0.39, 0.29) is 6.03 Å². The molecule has 3 aromatic rings. The number of benzene rings is 1. The molecule has 4 rings (SSSR count). The highest BCUT2D eigenvalue weighted by Crippen LogP contribution is 2.26. The maximum Gasteiger partial charge on any atom is 0.317 e. The van der Waals surface area contributed by atoms with Crippen LogP contribution in [0.5, 0.6) is 5.75 Å². The highest BCUT2D eigenvalue weighted by molar-refractivity contribution is 5.74. The van der Waals surface area contributed by atoms with Crippen molar-refractivity contribution in [1.82, 2.24) is 35.6 Å². The minimum absolute atomic E-state index is 0.0575. The first-order chi connectivity index (χ1) is 13.7. The number of methoxy groups -OCH3 is 1. The van der Waals surface area contributed by atoms with Crippen molar-refractivity contribution < 1.29 is 9.53 Å². The van der Waals surface area contributed by atoms with Gasteiger partial charge in [0.25, 0.3) is 0 Å². The molecule has 0 aliphatic carbocycles. The van der Waals surface area contributed by atoms with Crippen molar-refractivity contribution in [3.63, 3.8) is 0 Å². The molecule has 0 radical (unpaired) electrons. The molecule has 0 spiro atoms. The molecule has 28 heavy (non-hydrogen) atoms. The molecule has 0 atom stereocenters. The van der Waals surface area contributed by atoms with E-state index >= 15 is 0 Å². The van der Waals surface area contributed by atoms with E-state index in [1.54, 1.807) is 13.3 Å². The van der Waals surface area contributed by atoms with E-state index in [1.165, 1.54) is 6.33 Å². The minimum atomic E-state index is -0.0575. The van der Waals surface area contributed by atoms with Crippen LogP contribution < -0.4 is 10.1 Å². The largest absolute Gasteiger partial charge is 0.497 e. The Kier molecular flexibility index (Phi) is 5.22. The highest BCUT2D eigenvalue weighted by atomic mass is 16.5. The topological polar surface area (TPSA) is 112 Å². The monoisotopic (exact) mass is 381 g/mol. The molecule has 1 fully saturated rings. The number of amides is 2. The molecule has 146 valence electrons. The van der Waals surface area contributed by atoms with Gasteiger partial charge in [-0.15, -0.1) is 0 Å². The Balaban J connectivity index is 1.32. The quantitative estimate of drug-likeness (QED) is 0.628. The number of urea groups is 1. The number of aromatic nitrogens is 5. The van der Waals surface area contributed by atoms with Crippen LogP contribution in [0.25, 0.3) is 11.3 Å². The minimum Gasteiger partial charge on any atom is -0.497 e. The van der Waals surface area contributed by atoms with Crippen molar-refractivity contribution in [2.75, 3.05) is 20.2 Å². The van der Waals surface area contributed by atoms with Gasteiger partial charge in [0.15, 0.2) is 0 Å². The van der Waals surface area contributed by atoms with Crippen LogP contribution in [-0.4, -0.2) is 56.5 Å². The fourth-order valence-electron chi connectivity index (χ4n) is 3.50. The van der Waals surface area contributed by atoms with Gasteiger partial charge in [-0.25, -0.2) is 9.78 Å². The van der Waals surface area contributed by atoms with Crippen LogP contribution in [0.3, 0.4) is 0 Å². The van der Waals surface area contributed by atoms with Gasteiger partial charge in [0.1, 0.15) is 17.9 Å². The number of ether oxygens (including phenoxy) is 1. The number of carbonyl (C=O) groups excluding carboxylic acids is 1. The molecule has 1 saturated heterocycles. The molecule has 9 nitrogen and oxygen atoms in total. The van der Waals surface area contributed by atoms with Crippen LogP contribution in [0.2, 0.25) is 0 Å². The molecule has 2 aromatic heterocycles. The average Bonchev–Trinajstić information content (AvgIpc) is 3.44. The van der Waals surface area contributed by atoms with Gasteiger partial charge in [0.05, 0.1) is 19.0 Å². The number of hydrogen-bond donors (Lipinski definition) is 3. The predicted octanol–water partition coefficient (Wildman–Crippen LogP) is 2.29. The van der Waals surface area contributed by atoms with Crippen molar-refractivity contribution in [1.29, 1.82) is 0 Å². The molecule has 9 heteroatoms. The SMILES string of the molecule is COc1ccc(-c2[nH]ncc2CNC(=O)N2CCC(c3ncn[nH]3)CC2)cc1. The van der Waals surface area contributed by atoms with Gasteiger partial charge in [-0.3, -0.25) is 10.2 Å². The van der Waals surface area contributed by atoms with Crippen LogP contribution in [0.15, 0.2) is 36.8 Å². The van der Waals surface area contributed by atoms with Gasteiger partial charge in [-0.2, -0.15) is 10.2 Å². The van der Waals surface area contributed by atoms with Gasteiger partial charge < -0.3 is 15.0 Å². The smallest absolute Gasteiger partial charge is 0.317 e. The zero-order valence-corrected chi connectivity index (χ0v) is 15.7. The summed E-state index contributed by atoms with van der Waals surface area (Å²) < 4.78 is 5.20. The summed E-state index contributed by atoms with van der Waals surface area (Å²) in [6, 6.07) is 7.67. The van der Waals surface area contributed by atoms with Gasteiger partial charge in [0, 0.05) is 36.7 Å². The number of nitrogens with zero attached hydrogens (tertiary/aromatic N) is 4. The molecule has 3 heterocycles. The normalized spacial score (nSPS) is 14.8. The van der Waals surface area contributed by atoms with E-state index in [1.807, 2.05) is 29.2 Å². The zero-order chi connectivity index (χ0) is 19.3. The summed E-state index contributed by atoms with van der Waals surface area (Å²) in [6.45, 7) is 1.82. The Morgan fingerprint density at radius 3 is 2.68 bits per heavy atom. The van der Waals surface area contributed by atoms with Crippen molar-refractivity contribution in [2.24, 2.45) is 0 Å². The van der Waals surface area contributed by atoms with Crippen LogP contribution in [-0.2, 0) is 6.54 Å². The lowest BCUT2D eigenvalue weighted by Crippen LogP contribution is -2.44. The molecule has 1 aromatic carbocycles. The van der Waals surface area contributed by atoms with E-state index in [4.69, 9.17) is 4.74 Å².